The number of carbonyl (C=O) groups excluding carboxylic acids is 2. The number of nitrogens with one attached hydrogen (secondary N) is 2. The van der Waals surface area contributed by atoms with Crippen LogP contribution in [0.4, 0.5) is 0 Å². The monoisotopic (exact) mass is 460 g/mol. The van der Waals surface area contributed by atoms with Crippen molar-refractivity contribution in [3.05, 3.63) is 77.6 Å². The van der Waals surface area contributed by atoms with E-state index in [2.05, 4.69) is 33.1 Å². The Morgan fingerprint density at radius 1 is 1.03 bits per heavy atom. The van der Waals surface area contributed by atoms with E-state index >= 15 is 0 Å². The van der Waals surface area contributed by atoms with Gasteiger partial charge in [-0.25, -0.2) is 0 Å². The molecule has 1 aromatic heterocycles. The van der Waals surface area contributed by atoms with Crippen molar-refractivity contribution in [2.45, 2.75) is 19.9 Å². The van der Waals surface area contributed by atoms with Crippen molar-refractivity contribution in [1.82, 2.24) is 20.1 Å². The topological polar surface area (TPSA) is 75.6 Å². The molecule has 0 bridgehead atoms. The van der Waals surface area contributed by atoms with E-state index in [0.29, 0.717) is 12.1 Å². The molecule has 0 atom stereocenters. The average molecular weight is 461 g/mol. The molecule has 2 aromatic carbocycles. The number of aryl methyl sites for hydroxylation is 1. The van der Waals surface area contributed by atoms with Crippen LogP contribution in [-0.2, 0) is 16.1 Å². The van der Waals surface area contributed by atoms with Crippen LogP contribution in [0.2, 0.25) is 0 Å². The molecule has 0 unspecified atom stereocenters. The summed E-state index contributed by atoms with van der Waals surface area (Å²) in [4.78, 5) is 28.3. The summed E-state index contributed by atoms with van der Waals surface area (Å²) < 4.78 is 7.52. The number of ether oxygens (including phenoxy) is 1. The molecule has 178 valence electrons. The second kappa shape index (κ2) is 11.6. The molecule has 1 aliphatic heterocycles. The molecule has 34 heavy (non-hydrogen) atoms. The average Bonchev–Trinajstić information content (AvgIpc) is 3.24. The minimum absolute atomic E-state index is 0.235. The molecule has 2 N–H and O–H groups in total. The van der Waals surface area contributed by atoms with Crippen molar-refractivity contribution in [1.29, 1.82) is 0 Å². The maximum Gasteiger partial charge on any atom is 0.267 e. The predicted octanol–water partition coefficient (Wildman–Crippen LogP) is 3.27. The third-order valence-corrected chi connectivity index (χ3v) is 6.03. The normalized spacial score (nSPS) is 14.8. The summed E-state index contributed by atoms with van der Waals surface area (Å²) in [7, 11) is 0. The smallest absolute Gasteiger partial charge is 0.267 e. The Balaban J connectivity index is 1.52. The lowest BCUT2D eigenvalue weighted by Gasteiger charge is -2.26. The Morgan fingerprint density at radius 2 is 1.76 bits per heavy atom. The first-order valence-electron chi connectivity index (χ1n) is 11.9. The van der Waals surface area contributed by atoms with Crippen molar-refractivity contribution in [2.24, 2.45) is 0 Å². The molecule has 2 amide bonds. The third kappa shape index (κ3) is 5.92. The van der Waals surface area contributed by atoms with Crippen LogP contribution in [0, 0.1) is 0 Å². The quantitative estimate of drug-likeness (QED) is 0.380. The summed E-state index contributed by atoms with van der Waals surface area (Å²) in [6.45, 7) is 7.70. The molecule has 7 nitrogen and oxygen atoms in total. The molecule has 1 saturated heterocycles. The lowest BCUT2D eigenvalue weighted by atomic mass is 10.1. The van der Waals surface area contributed by atoms with Gasteiger partial charge in [-0.1, -0.05) is 36.4 Å². The number of aromatic nitrogens is 1. The van der Waals surface area contributed by atoms with Crippen LogP contribution in [0.3, 0.4) is 0 Å². The number of hydrogen-bond acceptors (Lipinski definition) is 4. The minimum Gasteiger partial charge on any atom is -0.379 e. The SMILES string of the molecule is CCn1cc(/C=C(\NC(=O)c2ccccc2)C(=O)NCCCN2CCOCC2)c2ccccc21. The molecular formula is C27H32N4O3. The number of hydrogen-bond donors (Lipinski definition) is 2. The number of carbonyl (C=O) groups is 2. The van der Waals surface area contributed by atoms with Gasteiger partial charge >= 0.3 is 0 Å². The van der Waals surface area contributed by atoms with Gasteiger partial charge in [0.2, 0.25) is 0 Å². The molecular weight excluding hydrogens is 428 g/mol. The molecule has 0 spiro atoms. The maximum atomic E-state index is 13.1. The van der Waals surface area contributed by atoms with E-state index in [-0.39, 0.29) is 17.5 Å². The Bertz CT molecular complexity index is 1150. The molecule has 0 radical (unpaired) electrons. The van der Waals surface area contributed by atoms with E-state index in [1.54, 1.807) is 30.3 Å². The van der Waals surface area contributed by atoms with Crippen molar-refractivity contribution >= 4 is 28.8 Å². The van der Waals surface area contributed by atoms with Gasteiger partial charge in [-0.05, 0) is 44.2 Å². The van der Waals surface area contributed by atoms with Crippen molar-refractivity contribution < 1.29 is 14.3 Å². The van der Waals surface area contributed by atoms with E-state index in [1.165, 1.54) is 0 Å². The summed E-state index contributed by atoms with van der Waals surface area (Å²) in [6, 6.07) is 17.0. The zero-order valence-corrected chi connectivity index (χ0v) is 19.6. The zero-order chi connectivity index (χ0) is 23.8. The molecule has 7 heteroatoms. The highest BCUT2D eigenvalue weighted by molar-refractivity contribution is 6.06. The summed E-state index contributed by atoms with van der Waals surface area (Å²) in [6.07, 6.45) is 4.62. The maximum absolute atomic E-state index is 13.1. The number of benzene rings is 2. The van der Waals surface area contributed by atoms with Crippen LogP contribution in [0.5, 0.6) is 0 Å². The Kier molecular flexibility index (Phi) is 8.12. The highest BCUT2D eigenvalue weighted by Crippen LogP contribution is 2.23. The molecule has 2 heterocycles. The Hall–Kier alpha value is -3.42. The van der Waals surface area contributed by atoms with Gasteiger partial charge in [0.1, 0.15) is 5.70 Å². The van der Waals surface area contributed by atoms with E-state index < -0.39 is 0 Å². The molecule has 4 rings (SSSR count). The zero-order valence-electron chi connectivity index (χ0n) is 19.6. The van der Waals surface area contributed by atoms with Crippen LogP contribution in [-0.4, -0.2) is 60.7 Å². The van der Waals surface area contributed by atoms with Crippen LogP contribution in [0.25, 0.3) is 17.0 Å². The number of rotatable bonds is 9. The van der Waals surface area contributed by atoms with Gasteiger partial charge in [0.15, 0.2) is 0 Å². The number of para-hydroxylation sites is 1. The van der Waals surface area contributed by atoms with Crippen molar-refractivity contribution in [2.75, 3.05) is 39.4 Å². The van der Waals surface area contributed by atoms with Crippen LogP contribution >= 0.6 is 0 Å². The van der Waals surface area contributed by atoms with E-state index in [9.17, 15) is 9.59 Å². The highest BCUT2D eigenvalue weighted by Gasteiger charge is 2.16. The fourth-order valence-corrected chi connectivity index (χ4v) is 4.17. The summed E-state index contributed by atoms with van der Waals surface area (Å²) in [5.74, 6) is -0.603. The number of fused-ring (bicyclic) bond motifs is 1. The van der Waals surface area contributed by atoms with E-state index in [0.717, 1.165) is 62.3 Å². The number of nitrogens with zero attached hydrogens (tertiary/aromatic N) is 2. The second-order valence-corrected chi connectivity index (χ2v) is 8.33. The third-order valence-electron chi connectivity index (χ3n) is 6.03. The van der Waals surface area contributed by atoms with Crippen molar-refractivity contribution in [3.8, 4) is 0 Å². The van der Waals surface area contributed by atoms with Crippen molar-refractivity contribution in [3.63, 3.8) is 0 Å². The second-order valence-electron chi connectivity index (χ2n) is 8.33. The summed E-state index contributed by atoms with van der Waals surface area (Å²) in [5, 5.41) is 6.86. The number of amides is 2. The van der Waals surface area contributed by atoms with Gasteiger partial charge in [-0.15, -0.1) is 0 Å². The summed E-state index contributed by atoms with van der Waals surface area (Å²) >= 11 is 0. The van der Waals surface area contributed by atoms with Gasteiger partial charge in [-0.2, -0.15) is 0 Å². The fourth-order valence-electron chi connectivity index (χ4n) is 4.17. The van der Waals surface area contributed by atoms with Gasteiger partial charge in [0.25, 0.3) is 11.8 Å². The lowest BCUT2D eigenvalue weighted by molar-refractivity contribution is -0.117. The predicted molar refractivity (Wildman–Crippen MR) is 134 cm³/mol. The van der Waals surface area contributed by atoms with Crippen LogP contribution < -0.4 is 10.6 Å². The largest absolute Gasteiger partial charge is 0.379 e. The van der Waals surface area contributed by atoms with Crippen LogP contribution in [0.15, 0.2) is 66.5 Å². The first-order chi connectivity index (χ1) is 16.7. The molecule has 0 aliphatic carbocycles. The Morgan fingerprint density at radius 3 is 2.53 bits per heavy atom. The summed E-state index contributed by atoms with van der Waals surface area (Å²) in [5.41, 5.74) is 2.73. The highest BCUT2D eigenvalue weighted by atomic mass is 16.5. The van der Waals surface area contributed by atoms with Gasteiger partial charge < -0.3 is 19.9 Å². The standard InChI is InChI=1S/C27H32N4O3/c1-2-31-20-22(23-11-6-7-12-25(23)31)19-24(29-26(32)21-9-4-3-5-10-21)27(33)28-13-8-14-30-15-17-34-18-16-30/h3-7,9-12,19-20H,2,8,13-18H2,1H3,(H,28,33)(H,29,32)/b24-19-. The van der Waals surface area contributed by atoms with Gasteiger partial charge in [0.05, 0.1) is 13.2 Å². The first-order valence-corrected chi connectivity index (χ1v) is 11.9. The Labute approximate surface area is 200 Å². The molecule has 1 fully saturated rings. The lowest BCUT2D eigenvalue weighted by Crippen LogP contribution is -2.39. The first kappa shape index (κ1) is 23.7. The van der Waals surface area contributed by atoms with Crippen LogP contribution in [0.1, 0.15) is 29.3 Å². The van der Waals surface area contributed by atoms with E-state index in [4.69, 9.17) is 4.74 Å². The molecule has 3 aromatic rings. The van der Waals surface area contributed by atoms with Gasteiger partial charge in [-0.3, -0.25) is 14.5 Å². The van der Waals surface area contributed by atoms with E-state index in [1.807, 2.05) is 30.5 Å². The molecule has 1 aliphatic rings. The number of morpholine rings is 1. The minimum atomic E-state index is -0.311. The fraction of sp³-hybridized carbons (Fsp3) is 0.333. The molecule has 0 saturated carbocycles. The van der Waals surface area contributed by atoms with Gasteiger partial charge in [0, 0.05) is 54.4 Å².